The molecule has 1 saturated heterocycles. The van der Waals surface area contributed by atoms with Crippen LogP contribution >= 0.6 is 23.2 Å². The summed E-state index contributed by atoms with van der Waals surface area (Å²) in [5.74, 6) is -0.211. The Kier molecular flexibility index (Phi) is 9.11. The highest BCUT2D eigenvalue weighted by atomic mass is 35.5. The molecule has 0 radical (unpaired) electrons. The van der Waals surface area contributed by atoms with Gasteiger partial charge >= 0.3 is 0 Å². The third-order valence-corrected chi connectivity index (χ3v) is 7.70. The van der Waals surface area contributed by atoms with Gasteiger partial charge in [-0.15, -0.1) is 0 Å². The molecule has 0 atom stereocenters. The lowest BCUT2D eigenvalue weighted by Gasteiger charge is -2.23. The van der Waals surface area contributed by atoms with Crippen molar-refractivity contribution in [3.05, 3.63) is 82.3 Å². The van der Waals surface area contributed by atoms with E-state index in [9.17, 15) is 18.0 Å². The summed E-state index contributed by atoms with van der Waals surface area (Å²) in [7, 11) is -4.01. The number of piperidine rings is 1. The molecule has 0 unspecified atom stereocenters. The van der Waals surface area contributed by atoms with Crippen LogP contribution in [0, 0.1) is 0 Å². The molecule has 1 aliphatic rings. The van der Waals surface area contributed by atoms with Crippen molar-refractivity contribution in [2.24, 2.45) is 0 Å². The number of rotatable bonds is 9. The topological polar surface area (TPSA) is 126 Å². The van der Waals surface area contributed by atoms with Crippen molar-refractivity contribution >= 4 is 50.7 Å². The highest BCUT2D eigenvalue weighted by Crippen LogP contribution is 2.35. The van der Waals surface area contributed by atoms with Crippen LogP contribution in [-0.4, -0.2) is 45.9 Å². The summed E-state index contributed by atoms with van der Waals surface area (Å²) in [6.07, 6.45) is 1.68. The maximum atomic E-state index is 13.0. The number of benzene rings is 3. The number of amides is 2. The van der Waals surface area contributed by atoms with Gasteiger partial charge in [-0.05, 0) is 80.5 Å². The zero-order valence-electron chi connectivity index (χ0n) is 20.2. The fourth-order valence-corrected chi connectivity index (χ4v) is 5.33. The van der Waals surface area contributed by atoms with E-state index < -0.39 is 15.9 Å². The van der Waals surface area contributed by atoms with Gasteiger partial charge in [-0.25, -0.2) is 8.42 Å². The molecule has 4 N–H and O–H groups in total. The van der Waals surface area contributed by atoms with E-state index in [4.69, 9.17) is 27.9 Å². The fourth-order valence-electron chi connectivity index (χ4n) is 3.81. The first-order chi connectivity index (χ1) is 18.2. The van der Waals surface area contributed by atoms with Gasteiger partial charge in [-0.1, -0.05) is 35.3 Å². The molecular formula is C26H26Cl2N4O5S. The first kappa shape index (κ1) is 27.7. The van der Waals surface area contributed by atoms with Crippen LogP contribution in [0.1, 0.15) is 23.2 Å². The average molecular weight is 577 g/mol. The van der Waals surface area contributed by atoms with Crippen molar-refractivity contribution in [2.45, 2.75) is 23.8 Å². The normalized spacial score (nSPS) is 13.9. The molecule has 0 aromatic heterocycles. The van der Waals surface area contributed by atoms with Crippen molar-refractivity contribution in [3.63, 3.8) is 0 Å². The number of halogens is 2. The van der Waals surface area contributed by atoms with Gasteiger partial charge in [-0.3, -0.25) is 14.3 Å². The van der Waals surface area contributed by atoms with Crippen LogP contribution in [0.25, 0.3) is 0 Å². The molecule has 0 bridgehead atoms. The quantitative estimate of drug-likeness (QED) is 0.303. The number of hydrogen-bond acceptors (Lipinski definition) is 6. The molecule has 1 aliphatic heterocycles. The van der Waals surface area contributed by atoms with Crippen LogP contribution < -0.4 is 25.4 Å². The summed E-state index contributed by atoms with van der Waals surface area (Å²) in [5.41, 5.74) is 0.417. The molecule has 2 amide bonds. The lowest BCUT2D eigenvalue weighted by atomic mass is 10.1. The summed E-state index contributed by atoms with van der Waals surface area (Å²) in [6.45, 7) is 1.52. The van der Waals surface area contributed by atoms with E-state index in [1.165, 1.54) is 30.3 Å². The highest BCUT2D eigenvalue weighted by molar-refractivity contribution is 7.92. The van der Waals surface area contributed by atoms with Crippen LogP contribution in [0.3, 0.4) is 0 Å². The Balaban J connectivity index is 1.38. The first-order valence-electron chi connectivity index (χ1n) is 11.8. The number of hydrogen-bond donors (Lipinski definition) is 4. The Bertz CT molecular complexity index is 1410. The summed E-state index contributed by atoms with van der Waals surface area (Å²) in [4.78, 5) is 24.5. The van der Waals surface area contributed by atoms with Gasteiger partial charge in [0.1, 0.15) is 5.75 Å². The van der Waals surface area contributed by atoms with Crippen molar-refractivity contribution < 1.29 is 22.7 Å². The second kappa shape index (κ2) is 12.5. The fraction of sp³-hybridized carbons (Fsp3) is 0.231. The Hall–Kier alpha value is -3.31. The third kappa shape index (κ3) is 7.38. The highest BCUT2D eigenvalue weighted by Gasteiger charge is 2.19. The zero-order chi connectivity index (χ0) is 27.1. The maximum absolute atomic E-state index is 13.0. The van der Waals surface area contributed by atoms with Gasteiger partial charge in [-0.2, -0.15) is 0 Å². The largest absolute Gasteiger partial charge is 0.454 e. The molecule has 200 valence electrons. The SMILES string of the molecule is O=C(CNC(=O)c1ccc(S(=O)(=O)Nc2ccccc2Oc2ccc(Cl)cc2Cl)cc1)NC1CCNCC1. The van der Waals surface area contributed by atoms with E-state index in [0.29, 0.717) is 10.8 Å². The first-order valence-corrected chi connectivity index (χ1v) is 14.1. The van der Waals surface area contributed by atoms with E-state index in [1.54, 1.807) is 36.4 Å². The van der Waals surface area contributed by atoms with Crippen LogP contribution in [-0.2, 0) is 14.8 Å². The molecule has 3 aromatic rings. The summed E-state index contributed by atoms with van der Waals surface area (Å²) in [5, 5.41) is 9.39. The number of sulfonamides is 1. The van der Waals surface area contributed by atoms with Gasteiger partial charge in [0.15, 0.2) is 5.75 Å². The standard InChI is InChI=1S/C26H26Cl2N4O5S/c27-18-7-10-23(21(28)15-18)37-24-4-2-1-3-22(24)32-38(35,36)20-8-5-17(6-9-20)26(34)30-16-25(33)31-19-11-13-29-14-12-19/h1-10,15,19,29,32H,11-14,16H2,(H,30,34)(H,31,33). The number of ether oxygens (including phenoxy) is 1. The summed E-state index contributed by atoms with van der Waals surface area (Å²) < 4.78 is 34.4. The number of carbonyl (C=O) groups is 2. The van der Waals surface area contributed by atoms with Gasteiger partial charge in [0, 0.05) is 16.6 Å². The smallest absolute Gasteiger partial charge is 0.262 e. The Morgan fingerprint density at radius 3 is 2.37 bits per heavy atom. The van der Waals surface area contributed by atoms with Crippen molar-refractivity contribution in [2.75, 3.05) is 24.4 Å². The van der Waals surface area contributed by atoms with Crippen LogP contribution in [0.15, 0.2) is 71.6 Å². The lowest BCUT2D eigenvalue weighted by molar-refractivity contribution is -0.121. The minimum absolute atomic E-state index is 0.0583. The molecule has 3 aromatic carbocycles. The van der Waals surface area contributed by atoms with E-state index in [-0.39, 0.29) is 45.4 Å². The van der Waals surface area contributed by atoms with Gasteiger partial charge < -0.3 is 20.7 Å². The van der Waals surface area contributed by atoms with Crippen molar-refractivity contribution in [1.29, 1.82) is 0 Å². The van der Waals surface area contributed by atoms with Gasteiger partial charge in [0.2, 0.25) is 5.91 Å². The van der Waals surface area contributed by atoms with E-state index >= 15 is 0 Å². The number of carbonyl (C=O) groups excluding carboxylic acids is 2. The Labute approximate surface area is 230 Å². The maximum Gasteiger partial charge on any atom is 0.262 e. The monoisotopic (exact) mass is 576 g/mol. The minimum Gasteiger partial charge on any atom is -0.454 e. The van der Waals surface area contributed by atoms with E-state index in [1.807, 2.05) is 0 Å². The Morgan fingerprint density at radius 2 is 1.66 bits per heavy atom. The van der Waals surface area contributed by atoms with Crippen molar-refractivity contribution in [1.82, 2.24) is 16.0 Å². The minimum atomic E-state index is -4.01. The lowest BCUT2D eigenvalue weighted by Crippen LogP contribution is -2.46. The summed E-state index contributed by atoms with van der Waals surface area (Å²) in [6, 6.07) is 16.7. The van der Waals surface area contributed by atoms with Crippen LogP contribution in [0.2, 0.25) is 10.0 Å². The van der Waals surface area contributed by atoms with Gasteiger partial charge in [0.05, 0.1) is 22.2 Å². The van der Waals surface area contributed by atoms with Gasteiger partial charge in [0.25, 0.3) is 15.9 Å². The third-order valence-electron chi connectivity index (χ3n) is 5.79. The predicted octanol–water partition coefficient (Wildman–Crippen LogP) is 4.18. The summed E-state index contributed by atoms with van der Waals surface area (Å²) >= 11 is 12.1. The van der Waals surface area contributed by atoms with Crippen LogP contribution in [0.4, 0.5) is 5.69 Å². The molecule has 1 heterocycles. The number of anilines is 1. The van der Waals surface area contributed by atoms with Crippen LogP contribution in [0.5, 0.6) is 11.5 Å². The molecule has 38 heavy (non-hydrogen) atoms. The molecule has 9 nitrogen and oxygen atoms in total. The number of para-hydroxylation sites is 2. The number of nitrogens with one attached hydrogen (secondary N) is 4. The average Bonchev–Trinajstić information content (AvgIpc) is 2.90. The molecular weight excluding hydrogens is 551 g/mol. The molecule has 12 heteroatoms. The molecule has 0 aliphatic carbocycles. The molecule has 0 spiro atoms. The second-order valence-corrected chi connectivity index (χ2v) is 11.1. The second-order valence-electron chi connectivity index (χ2n) is 8.58. The predicted molar refractivity (Wildman–Crippen MR) is 147 cm³/mol. The molecule has 4 rings (SSSR count). The molecule has 0 saturated carbocycles. The van der Waals surface area contributed by atoms with E-state index in [2.05, 4.69) is 20.7 Å². The Morgan fingerprint density at radius 1 is 0.947 bits per heavy atom. The zero-order valence-corrected chi connectivity index (χ0v) is 22.5. The molecule has 1 fully saturated rings. The van der Waals surface area contributed by atoms with E-state index in [0.717, 1.165) is 25.9 Å². The van der Waals surface area contributed by atoms with Crippen molar-refractivity contribution in [3.8, 4) is 11.5 Å².